The first-order valence-corrected chi connectivity index (χ1v) is 6.60. The van der Waals surface area contributed by atoms with Crippen LogP contribution in [0.15, 0.2) is 59.5 Å². The van der Waals surface area contributed by atoms with Gasteiger partial charge in [-0.25, -0.2) is 0 Å². The van der Waals surface area contributed by atoms with Gasteiger partial charge in [0.05, 0.1) is 6.61 Å². The fourth-order valence-electron chi connectivity index (χ4n) is 1.63. The van der Waals surface area contributed by atoms with Crippen LogP contribution in [0.4, 0.5) is 0 Å². The van der Waals surface area contributed by atoms with Crippen molar-refractivity contribution in [3.63, 3.8) is 0 Å². The molecule has 0 spiro atoms. The second-order valence-electron chi connectivity index (χ2n) is 4.00. The van der Waals surface area contributed by atoms with Crippen LogP contribution in [0, 0.1) is 0 Å². The molecule has 2 aromatic rings. The zero-order chi connectivity index (χ0) is 12.1. The highest BCUT2D eigenvalue weighted by atomic mass is 32.2. The van der Waals surface area contributed by atoms with Gasteiger partial charge in [0, 0.05) is 10.1 Å². The van der Waals surface area contributed by atoms with Crippen LogP contribution >= 0.6 is 11.8 Å². The Labute approximate surface area is 107 Å². The molecule has 2 aromatic carbocycles. The van der Waals surface area contributed by atoms with Gasteiger partial charge in [0.15, 0.2) is 0 Å². The number of rotatable bonds is 4. The SMILES string of the molecule is CC(CO)Sc1ccc(-c2ccccc2)cc1. The zero-order valence-electron chi connectivity index (χ0n) is 9.84. The van der Waals surface area contributed by atoms with Crippen LogP contribution in [-0.4, -0.2) is 17.0 Å². The summed E-state index contributed by atoms with van der Waals surface area (Å²) in [6.45, 7) is 2.24. The summed E-state index contributed by atoms with van der Waals surface area (Å²) >= 11 is 1.70. The molecule has 2 heteroatoms. The van der Waals surface area contributed by atoms with Crippen LogP contribution in [-0.2, 0) is 0 Å². The molecule has 0 aliphatic rings. The minimum atomic E-state index is 0.213. The molecule has 0 radical (unpaired) electrons. The van der Waals surface area contributed by atoms with E-state index in [0.29, 0.717) is 0 Å². The fraction of sp³-hybridized carbons (Fsp3) is 0.200. The lowest BCUT2D eigenvalue weighted by Gasteiger charge is -2.08. The monoisotopic (exact) mass is 244 g/mol. The zero-order valence-corrected chi connectivity index (χ0v) is 10.7. The van der Waals surface area contributed by atoms with Crippen LogP contribution in [0.25, 0.3) is 11.1 Å². The lowest BCUT2D eigenvalue weighted by molar-refractivity contribution is 0.300. The Hall–Kier alpha value is -1.25. The van der Waals surface area contributed by atoms with Gasteiger partial charge in [-0.2, -0.15) is 0 Å². The van der Waals surface area contributed by atoms with Gasteiger partial charge in [0.2, 0.25) is 0 Å². The van der Waals surface area contributed by atoms with Gasteiger partial charge >= 0.3 is 0 Å². The largest absolute Gasteiger partial charge is 0.395 e. The molecule has 1 N–H and O–H groups in total. The number of hydrogen-bond acceptors (Lipinski definition) is 2. The molecular formula is C15H16OS. The summed E-state index contributed by atoms with van der Waals surface area (Å²) in [7, 11) is 0. The fourth-order valence-corrected chi connectivity index (χ4v) is 2.46. The molecule has 2 rings (SSSR count). The molecule has 0 aromatic heterocycles. The first-order valence-electron chi connectivity index (χ1n) is 5.72. The van der Waals surface area contributed by atoms with E-state index in [-0.39, 0.29) is 11.9 Å². The molecule has 0 aliphatic carbocycles. The van der Waals surface area contributed by atoms with E-state index < -0.39 is 0 Å². The predicted octanol–water partition coefficient (Wildman–Crippen LogP) is 3.83. The average Bonchev–Trinajstić information content (AvgIpc) is 2.40. The molecule has 1 atom stereocenters. The van der Waals surface area contributed by atoms with Gasteiger partial charge in [0.25, 0.3) is 0 Å². The summed E-state index contributed by atoms with van der Waals surface area (Å²) in [5.74, 6) is 0. The van der Waals surface area contributed by atoms with Gasteiger partial charge in [0.1, 0.15) is 0 Å². The normalized spacial score (nSPS) is 12.4. The van der Waals surface area contributed by atoms with Gasteiger partial charge in [-0.15, -0.1) is 11.8 Å². The van der Waals surface area contributed by atoms with Gasteiger partial charge in [-0.05, 0) is 23.3 Å². The second-order valence-corrected chi connectivity index (χ2v) is 5.51. The van der Waals surface area contributed by atoms with Crippen molar-refractivity contribution in [1.29, 1.82) is 0 Å². The minimum Gasteiger partial charge on any atom is -0.395 e. The molecule has 0 amide bonds. The van der Waals surface area contributed by atoms with Gasteiger partial charge < -0.3 is 5.11 Å². The maximum Gasteiger partial charge on any atom is 0.0550 e. The predicted molar refractivity (Wildman–Crippen MR) is 74.3 cm³/mol. The van der Waals surface area contributed by atoms with Crippen LogP contribution in [0.3, 0.4) is 0 Å². The number of hydrogen-bond donors (Lipinski definition) is 1. The van der Waals surface area contributed by atoms with E-state index in [2.05, 4.69) is 36.4 Å². The van der Waals surface area contributed by atoms with E-state index in [1.807, 2.05) is 25.1 Å². The average molecular weight is 244 g/mol. The maximum atomic E-state index is 9.01. The van der Waals surface area contributed by atoms with E-state index in [4.69, 9.17) is 5.11 Å². The standard InChI is InChI=1S/C15H16OS/c1-12(11-16)17-15-9-7-14(8-10-15)13-5-3-2-4-6-13/h2-10,12,16H,11H2,1H3. The van der Waals surface area contributed by atoms with Crippen LogP contribution in [0.5, 0.6) is 0 Å². The lowest BCUT2D eigenvalue weighted by atomic mass is 10.1. The lowest BCUT2D eigenvalue weighted by Crippen LogP contribution is -2.01. The van der Waals surface area contributed by atoms with Crippen LogP contribution in [0.2, 0.25) is 0 Å². The maximum absolute atomic E-state index is 9.01. The van der Waals surface area contributed by atoms with Crippen molar-refractivity contribution in [2.45, 2.75) is 17.1 Å². The Kier molecular flexibility index (Phi) is 4.24. The van der Waals surface area contributed by atoms with Crippen molar-refractivity contribution in [3.8, 4) is 11.1 Å². The van der Waals surface area contributed by atoms with E-state index in [1.54, 1.807) is 11.8 Å². The second kappa shape index (κ2) is 5.89. The molecule has 0 saturated carbocycles. The Morgan fingerprint density at radius 1 is 0.941 bits per heavy atom. The number of benzene rings is 2. The minimum absolute atomic E-state index is 0.213. The molecule has 0 fully saturated rings. The molecule has 0 heterocycles. The van der Waals surface area contributed by atoms with Crippen molar-refractivity contribution in [3.05, 3.63) is 54.6 Å². The van der Waals surface area contributed by atoms with Crippen LogP contribution in [0.1, 0.15) is 6.92 Å². The summed E-state index contributed by atoms with van der Waals surface area (Å²) in [4.78, 5) is 1.20. The van der Waals surface area contributed by atoms with Gasteiger partial charge in [-0.3, -0.25) is 0 Å². The summed E-state index contributed by atoms with van der Waals surface area (Å²) < 4.78 is 0. The number of aliphatic hydroxyl groups excluding tert-OH is 1. The first kappa shape index (κ1) is 12.2. The van der Waals surface area contributed by atoms with Crippen molar-refractivity contribution < 1.29 is 5.11 Å². The highest BCUT2D eigenvalue weighted by molar-refractivity contribution is 8.00. The van der Waals surface area contributed by atoms with Crippen molar-refractivity contribution >= 4 is 11.8 Å². The Balaban J connectivity index is 2.13. The third kappa shape index (κ3) is 3.35. The quantitative estimate of drug-likeness (QED) is 0.825. The number of aliphatic hydroxyl groups is 1. The molecular weight excluding hydrogens is 228 g/mol. The molecule has 88 valence electrons. The van der Waals surface area contributed by atoms with Crippen LogP contribution < -0.4 is 0 Å². The third-order valence-corrected chi connectivity index (χ3v) is 3.65. The number of thioether (sulfide) groups is 1. The van der Waals surface area contributed by atoms with Crippen molar-refractivity contribution in [2.75, 3.05) is 6.61 Å². The molecule has 0 saturated heterocycles. The van der Waals surface area contributed by atoms with E-state index in [0.717, 1.165) is 0 Å². The molecule has 0 aliphatic heterocycles. The summed E-state index contributed by atoms with van der Waals surface area (Å²) in [5, 5.41) is 9.26. The Bertz CT molecular complexity index is 450. The smallest absolute Gasteiger partial charge is 0.0550 e. The summed E-state index contributed by atoms with van der Waals surface area (Å²) in [6, 6.07) is 18.8. The van der Waals surface area contributed by atoms with Gasteiger partial charge in [-0.1, -0.05) is 49.4 Å². The molecule has 0 bridgehead atoms. The topological polar surface area (TPSA) is 20.2 Å². The third-order valence-electron chi connectivity index (χ3n) is 2.56. The highest BCUT2D eigenvalue weighted by Crippen LogP contribution is 2.26. The molecule has 1 unspecified atom stereocenters. The van der Waals surface area contributed by atoms with Crippen molar-refractivity contribution in [2.24, 2.45) is 0 Å². The first-order chi connectivity index (χ1) is 8.29. The molecule has 17 heavy (non-hydrogen) atoms. The summed E-state index contributed by atoms with van der Waals surface area (Å²) in [5.41, 5.74) is 2.46. The van der Waals surface area contributed by atoms with Crippen molar-refractivity contribution in [1.82, 2.24) is 0 Å². The van der Waals surface area contributed by atoms with E-state index in [9.17, 15) is 0 Å². The Morgan fingerprint density at radius 3 is 2.12 bits per heavy atom. The highest BCUT2D eigenvalue weighted by Gasteiger charge is 2.03. The molecule has 1 nitrogen and oxygen atoms in total. The Morgan fingerprint density at radius 2 is 1.53 bits per heavy atom. The summed E-state index contributed by atoms with van der Waals surface area (Å²) in [6.07, 6.45) is 0. The van der Waals surface area contributed by atoms with E-state index in [1.165, 1.54) is 16.0 Å². The van der Waals surface area contributed by atoms with E-state index >= 15 is 0 Å².